The first-order valence-electron chi connectivity index (χ1n) is 8.87. The second kappa shape index (κ2) is 7.54. The van der Waals surface area contributed by atoms with Crippen molar-refractivity contribution in [2.24, 2.45) is 5.92 Å². The summed E-state index contributed by atoms with van der Waals surface area (Å²) in [5.41, 5.74) is 6.70. The lowest BCUT2D eigenvalue weighted by atomic mass is 9.83. The van der Waals surface area contributed by atoms with E-state index in [1.165, 1.54) is 13.0 Å². The van der Waals surface area contributed by atoms with E-state index in [-0.39, 0.29) is 36.1 Å². The summed E-state index contributed by atoms with van der Waals surface area (Å²) in [5, 5.41) is 0. The zero-order chi connectivity index (χ0) is 18.9. The van der Waals surface area contributed by atoms with Crippen LogP contribution in [0.4, 0.5) is 13.2 Å². The number of alkyl halides is 3. The highest BCUT2D eigenvalue weighted by molar-refractivity contribution is 5.71. The van der Waals surface area contributed by atoms with E-state index in [1.54, 1.807) is 13.0 Å². The van der Waals surface area contributed by atoms with Gasteiger partial charge in [-0.1, -0.05) is 12.1 Å². The molecule has 26 heavy (non-hydrogen) atoms. The zero-order valence-electron chi connectivity index (χ0n) is 14.9. The minimum absolute atomic E-state index is 0.0837. The van der Waals surface area contributed by atoms with Gasteiger partial charge in [-0.15, -0.1) is 0 Å². The summed E-state index contributed by atoms with van der Waals surface area (Å²) in [6, 6.07) is 4.27. The van der Waals surface area contributed by atoms with Crippen molar-refractivity contribution in [2.75, 3.05) is 26.2 Å². The molecule has 5 nitrogen and oxygen atoms in total. The number of rotatable bonds is 4. The molecule has 0 radical (unpaired) electrons. The summed E-state index contributed by atoms with van der Waals surface area (Å²) in [6.45, 7) is 5.22. The van der Waals surface area contributed by atoms with Gasteiger partial charge in [0.15, 0.2) is 0 Å². The second-order valence-electron chi connectivity index (χ2n) is 6.88. The average Bonchev–Trinajstić information content (AvgIpc) is 2.97. The second-order valence-corrected chi connectivity index (χ2v) is 6.88. The molecule has 144 valence electrons. The molecular formula is C18H24F3N3O2. The largest absolute Gasteiger partial charge is 0.465 e. The van der Waals surface area contributed by atoms with Gasteiger partial charge >= 0.3 is 12.1 Å². The number of carbonyl (C=O) groups excluding carboxylic acids is 1. The Bertz CT molecular complexity index is 666. The van der Waals surface area contributed by atoms with E-state index < -0.39 is 11.7 Å². The SMILES string of the molecule is CCOC(=O)CN1CCC2NNC(c3cccc(C(F)(F)F)c3C)C2C1. The van der Waals surface area contributed by atoms with Gasteiger partial charge in [0.25, 0.3) is 0 Å². The molecular weight excluding hydrogens is 347 g/mol. The molecule has 0 bridgehead atoms. The Labute approximate surface area is 150 Å². The van der Waals surface area contributed by atoms with Crippen molar-refractivity contribution in [3.63, 3.8) is 0 Å². The number of hydrogen-bond donors (Lipinski definition) is 2. The monoisotopic (exact) mass is 371 g/mol. The molecule has 2 saturated heterocycles. The third kappa shape index (κ3) is 3.87. The van der Waals surface area contributed by atoms with E-state index in [1.807, 2.05) is 4.90 Å². The van der Waals surface area contributed by atoms with Gasteiger partial charge in [-0.2, -0.15) is 13.2 Å². The topological polar surface area (TPSA) is 53.6 Å². The molecule has 3 rings (SSSR count). The number of hydrazine groups is 1. The molecule has 3 atom stereocenters. The van der Waals surface area contributed by atoms with Gasteiger partial charge < -0.3 is 4.74 Å². The van der Waals surface area contributed by atoms with Gasteiger partial charge in [-0.05, 0) is 37.5 Å². The predicted octanol–water partition coefficient (Wildman–Crippen LogP) is 2.42. The van der Waals surface area contributed by atoms with Crippen LogP contribution in [-0.4, -0.2) is 43.2 Å². The summed E-state index contributed by atoms with van der Waals surface area (Å²) in [6.07, 6.45) is -3.54. The Kier molecular flexibility index (Phi) is 5.55. The lowest BCUT2D eigenvalue weighted by Crippen LogP contribution is -2.47. The summed E-state index contributed by atoms with van der Waals surface area (Å²) in [4.78, 5) is 13.8. The number of benzene rings is 1. The number of likely N-dealkylation sites (tertiary alicyclic amines) is 1. The van der Waals surface area contributed by atoms with Gasteiger partial charge in [-0.3, -0.25) is 15.1 Å². The van der Waals surface area contributed by atoms with Gasteiger partial charge in [0.1, 0.15) is 0 Å². The van der Waals surface area contributed by atoms with Crippen molar-refractivity contribution < 1.29 is 22.7 Å². The summed E-state index contributed by atoms with van der Waals surface area (Å²) < 4.78 is 44.7. The number of hydrogen-bond acceptors (Lipinski definition) is 5. The fourth-order valence-electron chi connectivity index (χ4n) is 4.01. The first kappa shape index (κ1) is 19.1. The lowest BCUT2D eigenvalue weighted by Gasteiger charge is -2.36. The predicted molar refractivity (Wildman–Crippen MR) is 90.2 cm³/mol. The summed E-state index contributed by atoms with van der Waals surface area (Å²) in [5.74, 6) is -0.183. The van der Waals surface area contributed by atoms with Crippen LogP contribution in [0.5, 0.6) is 0 Å². The number of ether oxygens (including phenoxy) is 1. The fraction of sp³-hybridized carbons (Fsp3) is 0.611. The smallest absolute Gasteiger partial charge is 0.416 e. The number of nitrogens with one attached hydrogen (secondary N) is 2. The van der Waals surface area contributed by atoms with E-state index in [0.29, 0.717) is 18.7 Å². The Hall–Kier alpha value is -1.64. The van der Waals surface area contributed by atoms with Gasteiger partial charge in [-0.25, -0.2) is 5.43 Å². The number of fused-ring (bicyclic) bond motifs is 1. The highest BCUT2D eigenvalue weighted by Crippen LogP contribution is 2.39. The Morgan fingerprint density at radius 3 is 2.81 bits per heavy atom. The van der Waals surface area contributed by atoms with Crippen molar-refractivity contribution in [1.82, 2.24) is 15.8 Å². The lowest BCUT2D eigenvalue weighted by molar-refractivity contribution is -0.145. The number of nitrogens with zero attached hydrogens (tertiary/aromatic N) is 1. The number of piperidine rings is 1. The number of halogens is 3. The molecule has 0 saturated carbocycles. The molecule has 1 aromatic rings. The molecule has 2 heterocycles. The van der Waals surface area contributed by atoms with Crippen molar-refractivity contribution in [2.45, 2.75) is 38.5 Å². The average molecular weight is 371 g/mol. The van der Waals surface area contributed by atoms with Crippen LogP contribution in [-0.2, 0) is 15.7 Å². The maximum atomic E-state index is 13.2. The molecule has 0 aliphatic carbocycles. The van der Waals surface area contributed by atoms with Crippen molar-refractivity contribution in [3.8, 4) is 0 Å². The fourth-order valence-corrected chi connectivity index (χ4v) is 4.01. The van der Waals surface area contributed by atoms with Crippen LogP contribution < -0.4 is 10.9 Å². The maximum absolute atomic E-state index is 13.2. The van der Waals surface area contributed by atoms with Crippen LogP contribution in [0, 0.1) is 12.8 Å². The summed E-state index contributed by atoms with van der Waals surface area (Å²) >= 11 is 0. The van der Waals surface area contributed by atoms with Crippen LogP contribution in [0.1, 0.15) is 36.1 Å². The zero-order valence-corrected chi connectivity index (χ0v) is 14.9. The van der Waals surface area contributed by atoms with Crippen LogP contribution in [0.2, 0.25) is 0 Å². The molecule has 2 aliphatic heterocycles. The Balaban J connectivity index is 1.79. The third-order valence-corrected chi connectivity index (χ3v) is 5.27. The standard InChI is InChI=1S/C18H24F3N3O2/c1-3-26-16(25)10-24-8-7-15-13(9-24)17(23-22-15)12-5-4-6-14(11(12)2)18(19,20)21/h4-6,13,15,17,22-23H,3,7-10H2,1-2H3. The number of esters is 1. The van der Waals surface area contributed by atoms with Crippen LogP contribution >= 0.6 is 0 Å². The van der Waals surface area contributed by atoms with E-state index in [4.69, 9.17) is 4.74 Å². The molecule has 0 amide bonds. The molecule has 0 spiro atoms. The first-order chi connectivity index (χ1) is 12.3. The third-order valence-electron chi connectivity index (χ3n) is 5.27. The number of carbonyl (C=O) groups is 1. The van der Waals surface area contributed by atoms with E-state index in [2.05, 4.69) is 10.9 Å². The van der Waals surface area contributed by atoms with Crippen LogP contribution in [0.15, 0.2) is 18.2 Å². The summed E-state index contributed by atoms with van der Waals surface area (Å²) in [7, 11) is 0. The van der Waals surface area contributed by atoms with Crippen molar-refractivity contribution >= 4 is 5.97 Å². The van der Waals surface area contributed by atoms with E-state index >= 15 is 0 Å². The van der Waals surface area contributed by atoms with Crippen LogP contribution in [0.3, 0.4) is 0 Å². The van der Waals surface area contributed by atoms with Gasteiger partial charge in [0, 0.05) is 25.0 Å². The van der Waals surface area contributed by atoms with E-state index in [0.717, 1.165) is 19.0 Å². The Morgan fingerprint density at radius 2 is 2.12 bits per heavy atom. The molecule has 2 N–H and O–H groups in total. The normalized spacial score (nSPS) is 26.6. The first-order valence-corrected chi connectivity index (χ1v) is 8.87. The minimum atomic E-state index is -4.37. The molecule has 2 aliphatic rings. The molecule has 2 fully saturated rings. The molecule has 0 aromatic heterocycles. The molecule has 1 aromatic carbocycles. The van der Waals surface area contributed by atoms with Crippen LogP contribution in [0.25, 0.3) is 0 Å². The molecule has 3 unspecified atom stereocenters. The highest BCUT2D eigenvalue weighted by atomic mass is 19.4. The van der Waals surface area contributed by atoms with E-state index in [9.17, 15) is 18.0 Å². The van der Waals surface area contributed by atoms with Gasteiger partial charge in [0.2, 0.25) is 0 Å². The maximum Gasteiger partial charge on any atom is 0.416 e. The highest BCUT2D eigenvalue weighted by Gasteiger charge is 2.42. The Morgan fingerprint density at radius 1 is 1.35 bits per heavy atom. The molecule has 8 heteroatoms. The van der Waals surface area contributed by atoms with Crippen molar-refractivity contribution in [3.05, 3.63) is 34.9 Å². The van der Waals surface area contributed by atoms with Gasteiger partial charge in [0.05, 0.1) is 24.8 Å². The minimum Gasteiger partial charge on any atom is -0.465 e. The quantitative estimate of drug-likeness (QED) is 0.797. The van der Waals surface area contributed by atoms with Crippen molar-refractivity contribution in [1.29, 1.82) is 0 Å².